The molecule has 6 heteroatoms. The van der Waals surface area contributed by atoms with Crippen LogP contribution in [0.4, 0.5) is 5.82 Å². The monoisotopic (exact) mass is 253 g/mol. The average molecular weight is 253 g/mol. The molecule has 1 heterocycles. The van der Waals surface area contributed by atoms with Crippen molar-refractivity contribution in [2.75, 3.05) is 18.5 Å². The van der Waals surface area contributed by atoms with Crippen LogP contribution in [0.25, 0.3) is 0 Å². The molecule has 0 aromatic carbocycles. The number of aliphatic hydroxyl groups is 1. The van der Waals surface area contributed by atoms with E-state index in [1.165, 1.54) is 0 Å². The van der Waals surface area contributed by atoms with Crippen molar-refractivity contribution in [3.05, 3.63) is 16.8 Å². The van der Waals surface area contributed by atoms with Crippen LogP contribution in [-0.2, 0) is 12.8 Å². The van der Waals surface area contributed by atoms with Crippen LogP contribution in [0, 0.1) is 0 Å². The van der Waals surface area contributed by atoms with E-state index in [1.807, 2.05) is 13.8 Å². The summed E-state index contributed by atoms with van der Waals surface area (Å²) < 4.78 is 0. The van der Waals surface area contributed by atoms with Gasteiger partial charge in [0.2, 0.25) is 0 Å². The second-order valence-electron chi connectivity index (χ2n) is 3.87. The Bertz CT molecular complexity index is 421. The number of carboxylic acids is 1. The lowest BCUT2D eigenvalue weighted by Crippen LogP contribution is -2.16. The molecule has 100 valence electrons. The molecule has 0 bridgehead atoms. The molecule has 0 unspecified atom stereocenters. The summed E-state index contributed by atoms with van der Waals surface area (Å²) >= 11 is 0. The van der Waals surface area contributed by atoms with Crippen LogP contribution >= 0.6 is 0 Å². The van der Waals surface area contributed by atoms with E-state index in [2.05, 4.69) is 15.5 Å². The molecule has 0 aliphatic carbocycles. The molecule has 18 heavy (non-hydrogen) atoms. The molecule has 6 nitrogen and oxygen atoms in total. The molecule has 0 fully saturated rings. The van der Waals surface area contributed by atoms with Crippen molar-refractivity contribution in [1.82, 2.24) is 10.2 Å². The molecule has 1 aromatic rings. The van der Waals surface area contributed by atoms with E-state index in [4.69, 9.17) is 5.11 Å². The Labute approximate surface area is 106 Å². The summed E-state index contributed by atoms with van der Waals surface area (Å²) in [5, 5.41) is 28.9. The normalized spacial score (nSPS) is 10.4. The van der Waals surface area contributed by atoms with E-state index in [9.17, 15) is 9.90 Å². The summed E-state index contributed by atoms with van der Waals surface area (Å²) in [4.78, 5) is 11.3. The molecule has 0 spiro atoms. The van der Waals surface area contributed by atoms with Gasteiger partial charge in [0.1, 0.15) is 5.56 Å². The smallest absolute Gasteiger partial charge is 0.339 e. The Morgan fingerprint density at radius 3 is 2.50 bits per heavy atom. The molecular weight excluding hydrogens is 234 g/mol. The maximum atomic E-state index is 11.3. The third kappa shape index (κ3) is 3.16. The zero-order chi connectivity index (χ0) is 13.5. The van der Waals surface area contributed by atoms with Gasteiger partial charge in [-0.25, -0.2) is 4.79 Å². The van der Waals surface area contributed by atoms with Gasteiger partial charge in [-0.1, -0.05) is 13.8 Å². The Balaban J connectivity index is 3.13. The Morgan fingerprint density at radius 2 is 2.00 bits per heavy atom. The summed E-state index contributed by atoms with van der Waals surface area (Å²) in [6.07, 6.45) is 1.81. The number of hydrogen-bond donors (Lipinski definition) is 3. The topological polar surface area (TPSA) is 95.3 Å². The molecule has 0 amide bonds. The van der Waals surface area contributed by atoms with Crippen molar-refractivity contribution in [1.29, 1.82) is 0 Å². The molecule has 0 atom stereocenters. The fraction of sp³-hybridized carbons (Fsp3) is 0.583. The fourth-order valence-electron chi connectivity index (χ4n) is 1.81. The van der Waals surface area contributed by atoms with Crippen molar-refractivity contribution in [3.8, 4) is 0 Å². The van der Waals surface area contributed by atoms with Crippen LogP contribution in [0.15, 0.2) is 0 Å². The van der Waals surface area contributed by atoms with Crippen LogP contribution < -0.4 is 5.32 Å². The highest BCUT2D eigenvalue weighted by atomic mass is 16.4. The van der Waals surface area contributed by atoms with Gasteiger partial charge in [-0.2, -0.15) is 5.10 Å². The summed E-state index contributed by atoms with van der Waals surface area (Å²) in [5.41, 5.74) is 1.65. The predicted molar refractivity (Wildman–Crippen MR) is 67.9 cm³/mol. The van der Waals surface area contributed by atoms with E-state index in [-0.39, 0.29) is 18.0 Å². The summed E-state index contributed by atoms with van der Waals surface area (Å²) in [5.74, 6) is -0.715. The van der Waals surface area contributed by atoms with Crippen LogP contribution in [0.2, 0.25) is 0 Å². The minimum absolute atomic E-state index is 0.0521. The maximum absolute atomic E-state index is 11.3. The van der Waals surface area contributed by atoms with Crippen molar-refractivity contribution in [2.45, 2.75) is 33.1 Å². The maximum Gasteiger partial charge on any atom is 0.339 e. The SMILES string of the molecule is CCc1nnc(NCCCO)c(C(=O)O)c1CC. The third-order valence-electron chi connectivity index (χ3n) is 2.69. The van der Waals surface area contributed by atoms with Gasteiger partial charge < -0.3 is 15.5 Å². The van der Waals surface area contributed by atoms with Crippen LogP contribution in [-0.4, -0.2) is 39.5 Å². The lowest BCUT2D eigenvalue weighted by molar-refractivity contribution is 0.0696. The zero-order valence-corrected chi connectivity index (χ0v) is 10.7. The molecular formula is C12H19N3O3. The number of anilines is 1. The van der Waals surface area contributed by atoms with Gasteiger partial charge in [-0.05, 0) is 24.8 Å². The number of rotatable bonds is 7. The molecule has 0 saturated carbocycles. The first-order valence-corrected chi connectivity index (χ1v) is 6.12. The first-order chi connectivity index (χ1) is 8.65. The summed E-state index contributed by atoms with van der Waals surface area (Å²) in [6.45, 7) is 4.35. The van der Waals surface area contributed by atoms with Crippen molar-refractivity contribution < 1.29 is 15.0 Å². The molecule has 0 saturated heterocycles. The molecule has 1 aromatic heterocycles. The number of nitrogens with one attached hydrogen (secondary N) is 1. The van der Waals surface area contributed by atoms with Gasteiger partial charge in [0.15, 0.2) is 5.82 Å². The van der Waals surface area contributed by atoms with Gasteiger partial charge in [0.05, 0.1) is 5.69 Å². The van der Waals surface area contributed by atoms with Crippen LogP contribution in [0.3, 0.4) is 0 Å². The van der Waals surface area contributed by atoms with Crippen LogP contribution in [0.5, 0.6) is 0 Å². The minimum Gasteiger partial charge on any atom is -0.478 e. The van der Waals surface area contributed by atoms with Gasteiger partial charge in [0.25, 0.3) is 0 Å². The first-order valence-electron chi connectivity index (χ1n) is 6.12. The van der Waals surface area contributed by atoms with E-state index in [0.717, 1.165) is 11.3 Å². The summed E-state index contributed by atoms with van der Waals surface area (Å²) in [7, 11) is 0. The van der Waals surface area contributed by atoms with Gasteiger partial charge in [-0.3, -0.25) is 0 Å². The van der Waals surface area contributed by atoms with E-state index >= 15 is 0 Å². The average Bonchev–Trinajstić information content (AvgIpc) is 2.37. The number of carbonyl (C=O) groups is 1. The molecule has 0 aliphatic rings. The zero-order valence-electron chi connectivity index (χ0n) is 10.7. The van der Waals surface area contributed by atoms with Gasteiger partial charge in [0, 0.05) is 13.2 Å². The van der Waals surface area contributed by atoms with E-state index in [0.29, 0.717) is 25.8 Å². The number of aryl methyl sites for hydroxylation is 1. The Kier molecular flexibility index (Phi) is 5.51. The van der Waals surface area contributed by atoms with Crippen molar-refractivity contribution in [3.63, 3.8) is 0 Å². The largest absolute Gasteiger partial charge is 0.478 e. The Hall–Kier alpha value is -1.69. The number of aromatic nitrogens is 2. The van der Waals surface area contributed by atoms with E-state index in [1.54, 1.807) is 0 Å². The second kappa shape index (κ2) is 6.90. The molecule has 0 radical (unpaired) electrons. The van der Waals surface area contributed by atoms with Crippen molar-refractivity contribution >= 4 is 11.8 Å². The second-order valence-corrected chi connectivity index (χ2v) is 3.87. The van der Waals surface area contributed by atoms with Gasteiger partial charge in [-0.15, -0.1) is 5.10 Å². The third-order valence-corrected chi connectivity index (χ3v) is 2.69. The highest BCUT2D eigenvalue weighted by molar-refractivity contribution is 5.95. The van der Waals surface area contributed by atoms with Crippen LogP contribution in [0.1, 0.15) is 41.9 Å². The number of nitrogens with zero attached hydrogens (tertiary/aromatic N) is 2. The number of aliphatic hydroxyl groups excluding tert-OH is 1. The van der Waals surface area contributed by atoms with Crippen molar-refractivity contribution in [2.24, 2.45) is 0 Å². The minimum atomic E-state index is -0.997. The summed E-state index contributed by atoms with van der Waals surface area (Å²) in [6, 6.07) is 0. The fourth-order valence-corrected chi connectivity index (χ4v) is 1.81. The highest BCUT2D eigenvalue weighted by Gasteiger charge is 2.19. The quantitative estimate of drug-likeness (QED) is 0.630. The standard InChI is InChI=1S/C12H19N3O3/c1-3-8-9(4-2)14-15-11(10(8)12(17)18)13-6-5-7-16/h16H,3-7H2,1-2H3,(H,13,15)(H,17,18). The lowest BCUT2D eigenvalue weighted by Gasteiger charge is -2.13. The number of hydrogen-bond acceptors (Lipinski definition) is 5. The number of aromatic carboxylic acids is 1. The number of carboxylic acid groups (broad SMARTS) is 1. The highest BCUT2D eigenvalue weighted by Crippen LogP contribution is 2.20. The predicted octanol–water partition coefficient (Wildman–Crippen LogP) is 1.09. The Morgan fingerprint density at radius 1 is 1.28 bits per heavy atom. The molecule has 0 aliphatic heterocycles. The van der Waals surface area contributed by atoms with E-state index < -0.39 is 5.97 Å². The first kappa shape index (κ1) is 14.4. The lowest BCUT2D eigenvalue weighted by atomic mass is 10.0. The van der Waals surface area contributed by atoms with Gasteiger partial charge >= 0.3 is 5.97 Å². The molecule has 3 N–H and O–H groups in total. The molecule has 1 rings (SSSR count).